The van der Waals surface area contributed by atoms with Crippen molar-refractivity contribution < 1.29 is 14.3 Å². The van der Waals surface area contributed by atoms with Crippen LogP contribution in [0.3, 0.4) is 0 Å². The molecule has 6 heteroatoms. The van der Waals surface area contributed by atoms with Crippen molar-refractivity contribution in [2.45, 2.75) is 19.9 Å². The maximum atomic E-state index is 12.6. The summed E-state index contributed by atoms with van der Waals surface area (Å²) in [5.74, 6) is 0.930. The molecule has 1 aromatic carbocycles. The molecule has 4 nitrogen and oxygen atoms in total. The lowest BCUT2D eigenvalue weighted by Gasteiger charge is -2.21. The molecule has 1 heterocycles. The summed E-state index contributed by atoms with van der Waals surface area (Å²) in [6.45, 7) is 4.15. The van der Waals surface area contributed by atoms with E-state index in [9.17, 15) is 4.79 Å². The molecular formula is C17H20ClNO3S. The van der Waals surface area contributed by atoms with Gasteiger partial charge in [-0.2, -0.15) is 0 Å². The number of methoxy groups -OCH3 is 2. The highest BCUT2D eigenvalue weighted by Crippen LogP contribution is 2.36. The third-order valence-corrected chi connectivity index (χ3v) is 4.73. The first-order valence-corrected chi connectivity index (χ1v) is 8.49. The molecule has 1 amide bonds. The second-order valence-electron chi connectivity index (χ2n) is 5.40. The molecule has 0 saturated heterocycles. The van der Waals surface area contributed by atoms with Crippen LogP contribution in [0.4, 0.5) is 0 Å². The Hall–Kier alpha value is -1.72. The van der Waals surface area contributed by atoms with Gasteiger partial charge in [-0.1, -0.05) is 31.5 Å². The van der Waals surface area contributed by atoms with E-state index in [-0.39, 0.29) is 17.9 Å². The standard InChI is InChI=1S/C17H20ClNO3S/c1-10(2)15(14-6-5-7-23-14)19-17(20)11-8-12(18)16(22-4)13(9-11)21-3/h5-10,15H,1-4H3,(H,19,20)/t15-/m0/s1. The number of rotatable bonds is 6. The summed E-state index contributed by atoms with van der Waals surface area (Å²) >= 11 is 7.80. The molecule has 2 aromatic rings. The van der Waals surface area contributed by atoms with Gasteiger partial charge in [0.25, 0.3) is 5.91 Å². The fraction of sp³-hybridized carbons (Fsp3) is 0.353. The molecular weight excluding hydrogens is 334 g/mol. The molecule has 23 heavy (non-hydrogen) atoms. The minimum Gasteiger partial charge on any atom is -0.493 e. The van der Waals surface area contributed by atoms with Crippen LogP contribution in [-0.4, -0.2) is 20.1 Å². The van der Waals surface area contributed by atoms with Crippen molar-refractivity contribution >= 4 is 28.8 Å². The Morgan fingerprint density at radius 2 is 2.00 bits per heavy atom. The summed E-state index contributed by atoms with van der Waals surface area (Å²) in [5, 5.41) is 5.41. The van der Waals surface area contributed by atoms with Crippen molar-refractivity contribution in [2.75, 3.05) is 14.2 Å². The van der Waals surface area contributed by atoms with Gasteiger partial charge in [-0.15, -0.1) is 11.3 Å². The molecule has 1 N–H and O–H groups in total. The maximum Gasteiger partial charge on any atom is 0.251 e. The van der Waals surface area contributed by atoms with E-state index >= 15 is 0 Å². The highest BCUT2D eigenvalue weighted by molar-refractivity contribution is 7.10. The van der Waals surface area contributed by atoms with Gasteiger partial charge >= 0.3 is 0 Å². The van der Waals surface area contributed by atoms with Crippen molar-refractivity contribution in [3.63, 3.8) is 0 Å². The first-order chi connectivity index (χ1) is 11.0. The number of ether oxygens (including phenoxy) is 2. The number of hydrogen-bond donors (Lipinski definition) is 1. The zero-order valence-corrected chi connectivity index (χ0v) is 15.1. The molecule has 0 aliphatic carbocycles. The normalized spacial score (nSPS) is 12.1. The molecule has 0 radical (unpaired) electrons. The van der Waals surface area contributed by atoms with Crippen LogP contribution in [0, 0.1) is 5.92 Å². The number of halogens is 1. The number of thiophene rings is 1. The summed E-state index contributed by atoms with van der Waals surface area (Å²) < 4.78 is 10.4. The fourth-order valence-electron chi connectivity index (χ4n) is 2.31. The smallest absolute Gasteiger partial charge is 0.251 e. The lowest BCUT2D eigenvalue weighted by atomic mass is 10.0. The van der Waals surface area contributed by atoms with Crippen molar-refractivity contribution in [2.24, 2.45) is 5.92 Å². The Balaban J connectivity index is 2.28. The monoisotopic (exact) mass is 353 g/mol. The molecule has 0 saturated carbocycles. The van der Waals surface area contributed by atoms with E-state index in [0.29, 0.717) is 22.1 Å². The van der Waals surface area contributed by atoms with E-state index in [0.717, 1.165) is 4.88 Å². The van der Waals surface area contributed by atoms with Gasteiger partial charge in [0.2, 0.25) is 0 Å². The summed E-state index contributed by atoms with van der Waals surface area (Å²) in [5.41, 5.74) is 0.440. The molecule has 1 aromatic heterocycles. The Bertz CT molecular complexity index is 671. The first kappa shape index (κ1) is 17.6. The van der Waals surface area contributed by atoms with Gasteiger partial charge < -0.3 is 14.8 Å². The van der Waals surface area contributed by atoms with Gasteiger partial charge in [0.1, 0.15) is 0 Å². The van der Waals surface area contributed by atoms with Crippen molar-refractivity contribution in [1.29, 1.82) is 0 Å². The molecule has 124 valence electrons. The SMILES string of the molecule is COc1cc(C(=O)N[C@H](c2cccs2)C(C)C)cc(Cl)c1OC. The number of amides is 1. The molecule has 0 spiro atoms. The topological polar surface area (TPSA) is 47.6 Å². The van der Waals surface area contributed by atoms with Crippen LogP contribution in [0.25, 0.3) is 0 Å². The summed E-state index contributed by atoms with van der Waals surface area (Å²) in [4.78, 5) is 13.7. The van der Waals surface area contributed by atoms with E-state index in [2.05, 4.69) is 19.2 Å². The van der Waals surface area contributed by atoms with Gasteiger partial charge in [-0.05, 0) is 29.5 Å². The largest absolute Gasteiger partial charge is 0.493 e. The first-order valence-electron chi connectivity index (χ1n) is 7.23. The van der Waals surface area contributed by atoms with Crippen LogP contribution in [0.5, 0.6) is 11.5 Å². The fourth-order valence-corrected chi connectivity index (χ4v) is 3.55. The highest BCUT2D eigenvalue weighted by atomic mass is 35.5. The minimum atomic E-state index is -0.194. The Morgan fingerprint density at radius 1 is 1.26 bits per heavy atom. The van der Waals surface area contributed by atoms with E-state index in [1.54, 1.807) is 23.5 Å². The number of carbonyl (C=O) groups excluding carboxylic acids is 1. The van der Waals surface area contributed by atoms with Crippen LogP contribution in [0.1, 0.15) is 35.1 Å². The van der Waals surface area contributed by atoms with Crippen molar-refractivity contribution in [3.8, 4) is 11.5 Å². The second kappa shape index (κ2) is 7.70. The Kier molecular flexibility index (Phi) is 5.91. The second-order valence-corrected chi connectivity index (χ2v) is 6.79. The average molecular weight is 354 g/mol. The molecule has 0 aliphatic rings. The maximum absolute atomic E-state index is 12.6. The quantitative estimate of drug-likeness (QED) is 0.829. The number of carbonyl (C=O) groups is 1. The highest BCUT2D eigenvalue weighted by Gasteiger charge is 2.22. The van der Waals surface area contributed by atoms with Gasteiger partial charge in [-0.25, -0.2) is 0 Å². The van der Waals surface area contributed by atoms with E-state index in [1.807, 2.05) is 17.5 Å². The molecule has 2 rings (SSSR count). The molecule has 1 atom stereocenters. The third-order valence-electron chi connectivity index (χ3n) is 3.50. The summed E-state index contributed by atoms with van der Waals surface area (Å²) in [6, 6.07) is 7.18. The van der Waals surface area contributed by atoms with Crippen LogP contribution in [0.15, 0.2) is 29.6 Å². The van der Waals surface area contributed by atoms with Crippen molar-refractivity contribution in [3.05, 3.63) is 45.1 Å². The minimum absolute atomic E-state index is 0.0469. The van der Waals surface area contributed by atoms with E-state index in [4.69, 9.17) is 21.1 Å². The van der Waals surface area contributed by atoms with Crippen molar-refractivity contribution in [1.82, 2.24) is 5.32 Å². The third kappa shape index (κ3) is 3.98. The number of benzene rings is 1. The predicted octanol–water partition coefficient (Wildman–Crippen LogP) is 4.55. The number of nitrogens with one attached hydrogen (secondary N) is 1. The van der Waals surface area contributed by atoms with E-state index in [1.165, 1.54) is 14.2 Å². The molecule has 0 unspecified atom stereocenters. The van der Waals surface area contributed by atoms with Crippen LogP contribution in [0.2, 0.25) is 5.02 Å². The van der Waals surface area contributed by atoms with Gasteiger partial charge in [0, 0.05) is 10.4 Å². The van der Waals surface area contributed by atoms with Crippen LogP contribution in [-0.2, 0) is 0 Å². The van der Waals surface area contributed by atoms with Crippen LogP contribution < -0.4 is 14.8 Å². The van der Waals surface area contributed by atoms with Crippen LogP contribution >= 0.6 is 22.9 Å². The average Bonchev–Trinajstić information content (AvgIpc) is 3.05. The molecule has 0 aliphatic heterocycles. The zero-order chi connectivity index (χ0) is 17.0. The predicted molar refractivity (Wildman–Crippen MR) is 93.9 cm³/mol. The summed E-state index contributed by atoms with van der Waals surface area (Å²) in [7, 11) is 3.02. The Morgan fingerprint density at radius 3 is 2.52 bits per heavy atom. The van der Waals surface area contributed by atoms with Gasteiger partial charge in [-0.3, -0.25) is 4.79 Å². The molecule has 0 bridgehead atoms. The van der Waals surface area contributed by atoms with Gasteiger partial charge in [0.05, 0.1) is 25.3 Å². The van der Waals surface area contributed by atoms with Gasteiger partial charge in [0.15, 0.2) is 11.5 Å². The lowest BCUT2D eigenvalue weighted by molar-refractivity contribution is 0.0926. The Labute approximate surface area is 145 Å². The summed E-state index contributed by atoms with van der Waals surface area (Å²) in [6.07, 6.45) is 0. The lowest BCUT2D eigenvalue weighted by Crippen LogP contribution is -2.31. The zero-order valence-electron chi connectivity index (χ0n) is 13.6. The van der Waals surface area contributed by atoms with E-state index < -0.39 is 0 Å². The molecule has 0 fully saturated rings. The number of hydrogen-bond acceptors (Lipinski definition) is 4.